The van der Waals surface area contributed by atoms with Crippen molar-refractivity contribution in [3.05, 3.63) is 23.8 Å². The molecular formula is C14H18Cl2N2O2. The third-order valence-electron chi connectivity index (χ3n) is 3.23. The number of nitrogens with zero attached hydrogens (tertiary/aromatic N) is 1. The number of alkyl halides is 2. The number of rotatable bonds is 4. The molecule has 1 aromatic rings. The minimum Gasteiger partial charge on any atom is -0.493 e. The van der Waals surface area contributed by atoms with Crippen LogP contribution in [0, 0.1) is 12.8 Å². The molecule has 110 valence electrons. The summed E-state index contributed by atoms with van der Waals surface area (Å²) >= 11 is 11.9. The SMILES string of the molecule is Cc1cc(NC(=O)N(C)C)ccc1OCC1CC1(Cl)Cl. The van der Waals surface area contributed by atoms with Gasteiger partial charge in [-0.25, -0.2) is 4.79 Å². The summed E-state index contributed by atoms with van der Waals surface area (Å²) in [5.41, 5.74) is 1.70. The van der Waals surface area contributed by atoms with E-state index in [9.17, 15) is 4.79 Å². The number of urea groups is 1. The fourth-order valence-electron chi connectivity index (χ4n) is 1.77. The van der Waals surface area contributed by atoms with E-state index in [1.807, 2.05) is 25.1 Å². The molecule has 1 aliphatic carbocycles. The average molecular weight is 317 g/mol. The first-order chi connectivity index (χ1) is 9.29. The first kappa shape index (κ1) is 15.3. The van der Waals surface area contributed by atoms with E-state index in [0.717, 1.165) is 23.4 Å². The fraction of sp³-hybridized carbons (Fsp3) is 0.500. The van der Waals surface area contributed by atoms with Crippen LogP contribution in [0.5, 0.6) is 5.75 Å². The summed E-state index contributed by atoms with van der Waals surface area (Å²) in [7, 11) is 3.39. The zero-order valence-electron chi connectivity index (χ0n) is 11.7. The van der Waals surface area contributed by atoms with Gasteiger partial charge in [-0.05, 0) is 37.1 Å². The number of nitrogens with one attached hydrogen (secondary N) is 1. The van der Waals surface area contributed by atoms with E-state index in [0.29, 0.717) is 6.61 Å². The molecule has 1 aliphatic rings. The predicted molar refractivity (Wildman–Crippen MR) is 81.9 cm³/mol. The van der Waals surface area contributed by atoms with Gasteiger partial charge in [-0.3, -0.25) is 0 Å². The number of carbonyl (C=O) groups excluding carboxylic acids is 1. The minimum absolute atomic E-state index is 0.162. The second-order valence-electron chi connectivity index (χ2n) is 5.28. The lowest BCUT2D eigenvalue weighted by atomic mass is 10.2. The Labute approximate surface area is 129 Å². The van der Waals surface area contributed by atoms with Crippen molar-refractivity contribution in [2.24, 2.45) is 5.92 Å². The highest BCUT2D eigenvalue weighted by molar-refractivity contribution is 6.50. The van der Waals surface area contributed by atoms with Crippen LogP contribution in [0.3, 0.4) is 0 Å². The number of carbonyl (C=O) groups is 1. The van der Waals surface area contributed by atoms with E-state index >= 15 is 0 Å². The van der Waals surface area contributed by atoms with Crippen LogP contribution in [0.1, 0.15) is 12.0 Å². The number of ether oxygens (including phenoxy) is 1. The molecule has 20 heavy (non-hydrogen) atoms. The zero-order chi connectivity index (χ0) is 14.9. The van der Waals surface area contributed by atoms with Crippen molar-refractivity contribution in [3.63, 3.8) is 0 Å². The van der Waals surface area contributed by atoms with Crippen LogP contribution in [0.15, 0.2) is 18.2 Å². The minimum atomic E-state index is -0.618. The second kappa shape index (κ2) is 5.70. The molecular weight excluding hydrogens is 299 g/mol. The molecule has 1 aromatic carbocycles. The molecule has 0 bridgehead atoms. The van der Waals surface area contributed by atoms with E-state index in [2.05, 4.69) is 5.32 Å². The Bertz CT molecular complexity index is 518. The van der Waals surface area contributed by atoms with Crippen molar-refractivity contribution in [3.8, 4) is 5.75 Å². The quantitative estimate of drug-likeness (QED) is 0.861. The lowest BCUT2D eigenvalue weighted by molar-refractivity contribution is 0.230. The third kappa shape index (κ3) is 3.70. The number of anilines is 1. The van der Waals surface area contributed by atoms with Gasteiger partial charge >= 0.3 is 6.03 Å². The average Bonchev–Trinajstić information content (AvgIpc) is 2.96. The molecule has 0 spiro atoms. The van der Waals surface area contributed by atoms with E-state index < -0.39 is 4.33 Å². The van der Waals surface area contributed by atoms with Gasteiger partial charge in [-0.1, -0.05) is 0 Å². The van der Waals surface area contributed by atoms with Gasteiger partial charge in [-0.15, -0.1) is 23.2 Å². The van der Waals surface area contributed by atoms with Gasteiger partial charge in [-0.2, -0.15) is 0 Å². The Morgan fingerprint density at radius 3 is 2.65 bits per heavy atom. The monoisotopic (exact) mass is 316 g/mol. The van der Waals surface area contributed by atoms with E-state index in [-0.39, 0.29) is 11.9 Å². The van der Waals surface area contributed by atoms with E-state index in [1.54, 1.807) is 14.1 Å². The largest absolute Gasteiger partial charge is 0.493 e. The van der Waals surface area contributed by atoms with Crippen LogP contribution < -0.4 is 10.1 Å². The van der Waals surface area contributed by atoms with Crippen LogP contribution in [-0.4, -0.2) is 36.0 Å². The molecule has 1 atom stereocenters. The Balaban J connectivity index is 1.94. The molecule has 4 nitrogen and oxygen atoms in total. The van der Waals surface area contributed by atoms with Crippen LogP contribution in [0.4, 0.5) is 10.5 Å². The van der Waals surface area contributed by atoms with Crippen molar-refractivity contribution in [2.45, 2.75) is 17.7 Å². The standard InChI is InChI=1S/C14H18Cl2N2O2/c1-9-6-11(17-13(19)18(2)3)4-5-12(9)20-8-10-7-14(10,15)16/h4-6,10H,7-8H2,1-3H3,(H,17,19). The smallest absolute Gasteiger partial charge is 0.321 e. The Hall–Kier alpha value is -1.13. The number of hydrogen-bond donors (Lipinski definition) is 1. The lowest BCUT2D eigenvalue weighted by Gasteiger charge is -2.14. The first-order valence-electron chi connectivity index (χ1n) is 6.39. The predicted octanol–water partition coefficient (Wildman–Crippen LogP) is 3.66. The summed E-state index contributed by atoms with van der Waals surface area (Å²) in [4.78, 5) is 13.0. The molecule has 0 heterocycles. The van der Waals surface area contributed by atoms with Crippen LogP contribution in [-0.2, 0) is 0 Å². The normalized spacial score (nSPS) is 19.4. The molecule has 2 rings (SSSR count). The topological polar surface area (TPSA) is 41.6 Å². The molecule has 1 N–H and O–H groups in total. The van der Waals surface area contributed by atoms with Crippen LogP contribution in [0.25, 0.3) is 0 Å². The first-order valence-corrected chi connectivity index (χ1v) is 7.15. The maximum atomic E-state index is 11.6. The third-order valence-corrected chi connectivity index (χ3v) is 4.15. The highest BCUT2D eigenvalue weighted by Gasteiger charge is 2.52. The number of amides is 2. The molecule has 0 aliphatic heterocycles. The van der Waals surface area contributed by atoms with E-state index in [1.165, 1.54) is 4.90 Å². The summed E-state index contributed by atoms with van der Waals surface area (Å²) in [5, 5.41) is 2.79. The van der Waals surface area contributed by atoms with Gasteiger partial charge in [0.1, 0.15) is 10.1 Å². The maximum absolute atomic E-state index is 11.6. The Kier molecular flexibility index (Phi) is 4.35. The van der Waals surface area contributed by atoms with Crippen LogP contribution in [0.2, 0.25) is 0 Å². The van der Waals surface area contributed by atoms with E-state index in [4.69, 9.17) is 27.9 Å². The lowest BCUT2D eigenvalue weighted by Crippen LogP contribution is -2.27. The maximum Gasteiger partial charge on any atom is 0.321 e. The zero-order valence-corrected chi connectivity index (χ0v) is 13.3. The number of aryl methyl sites for hydroxylation is 1. The number of halogens is 2. The van der Waals surface area contributed by atoms with Gasteiger partial charge in [0.05, 0.1) is 6.61 Å². The van der Waals surface area contributed by atoms with Gasteiger partial charge < -0.3 is 15.0 Å². The molecule has 1 saturated carbocycles. The van der Waals surface area contributed by atoms with Crippen molar-refractivity contribution < 1.29 is 9.53 Å². The molecule has 1 fully saturated rings. The van der Waals surface area contributed by atoms with Crippen molar-refractivity contribution in [2.75, 3.05) is 26.0 Å². The molecule has 1 unspecified atom stereocenters. The molecule has 2 amide bonds. The van der Waals surface area contributed by atoms with Gasteiger partial charge in [0.15, 0.2) is 0 Å². The van der Waals surface area contributed by atoms with Gasteiger partial charge in [0.2, 0.25) is 0 Å². The molecule has 6 heteroatoms. The second-order valence-corrected chi connectivity index (χ2v) is 6.82. The Morgan fingerprint density at radius 1 is 1.50 bits per heavy atom. The van der Waals surface area contributed by atoms with Gasteiger partial charge in [0, 0.05) is 25.7 Å². The number of hydrogen-bond acceptors (Lipinski definition) is 2. The fourth-order valence-corrected chi connectivity index (χ4v) is 2.26. The summed E-state index contributed by atoms with van der Waals surface area (Å²) in [5.74, 6) is 0.974. The van der Waals surface area contributed by atoms with Crippen molar-refractivity contribution >= 4 is 34.9 Å². The number of benzene rings is 1. The summed E-state index contributed by atoms with van der Waals surface area (Å²) in [6, 6.07) is 5.36. The Morgan fingerprint density at radius 2 is 2.15 bits per heavy atom. The van der Waals surface area contributed by atoms with Crippen molar-refractivity contribution in [1.82, 2.24) is 4.90 Å². The summed E-state index contributed by atoms with van der Waals surface area (Å²) < 4.78 is 5.09. The highest BCUT2D eigenvalue weighted by Crippen LogP contribution is 2.53. The molecule has 0 saturated heterocycles. The highest BCUT2D eigenvalue weighted by atomic mass is 35.5. The van der Waals surface area contributed by atoms with Gasteiger partial charge in [0.25, 0.3) is 0 Å². The molecule has 0 aromatic heterocycles. The van der Waals surface area contributed by atoms with Crippen LogP contribution >= 0.6 is 23.2 Å². The van der Waals surface area contributed by atoms with Crippen molar-refractivity contribution in [1.29, 1.82) is 0 Å². The molecule has 0 radical (unpaired) electrons. The summed E-state index contributed by atoms with van der Waals surface area (Å²) in [6.07, 6.45) is 0.770. The summed E-state index contributed by atoms with van der Waals surface area (Å²) in [6.45, 7) is 2.44.